The smallest absolute Gasteiger partial charge is 0.165 e. The van der Waals surface area contributed by atoms with E-state index in [9.17, 15) is 4.79 Å². The van der Waals surface area contributed by atoms with Gasteiger partial charge in [0.1, 0.15) is 0 Å². The van der Waals surface area contributed by atoms with Gasteiger partial charge in [-0.3, -0.25) is 4.79 Å². The zero-order valence-electron chi connectivity index (χ0n) is 10.6. The molecule has 1 unspecified atom stereocenters. The van der Waals surface area contributed by atoms with Gasteiger partial charge in [0, 0.05) is 30.8 Å². The quantitative estimate of drug-likeness (QED) is 0.761. The van der Waals surface area contributed by atoms with Crippen LogP contribution in [0.1, 0.15) is 36.0 Å². The number of Topliss-reactive ketones (excluding diaryl/α,β-unsaturated/α-hetero) is 1. The maximum atomic E-state index is 12.1. The third kappa shape index (κ3) is 2.15. The molecule has 1 fully saturated rings. The van der Waals surface area contributed by atoms with Gasteiger partial charge in [0.25, 0.3) is 0 Å². The SMILES string of the molecule is O=C1CCCN(C2CCCOC2)c2ccccc21. The fraction of sp³-hybridized carbons (Fsp3) is 0.533. The maximum absolute atomic E-state index is 12.1. The molecule has 3 nitrogen and oxygen atoms in total. The standard InChI is InChI=1S/C15H19NO2/c17-15-8-3-9-16(12-5-4-10-18-11-12)14-7-2-1-6-13(14)15/h1-2,6-7,12H,3-5,8-11H2. The Bertz CT molecular complexity index is 438. The van der Waals surface area contributed by atoms with Crippen molar-refractivity contribution < 1.29 is 9.53 Å². The number of carbonyl (C=O) groups excluding carboxylic acids is 1. The van der Waals surface area contributed by atoms with Crippen molar-refractivity contribution in [3.63, 3.8) is 0 Å². The van der Waals surface area contributed by atoms with Gasteiger partial charge >= 0.3 is 0 Å². The molecule has 1 saturated heterocycles. The molecule has 0 radical (unpaired) electrons. The maximum Gasteiger partial charge on any atom is 0.165 e. The van der Waals surface area contributed by atoms with Crippen molar-refractivity contribution in [1.29, 1.82) is 0 Å². The summed E-state index contributed by atoms with van der Waals surface area (Å²) in [6.07, 6.45) is 3.91. The molecule has 0 aliphatic carbocycles. The Kier molecular flexibility index (Phi) is 3.33. The van der Waals surface area contributed by atoms with E-state index in [-0.39, 0.29) is 5.78 Å². The Labute approximate surface area is 108 Å². The number of fused-ring (bicyclic) bond motifs is 1. The Balaban J connectivity index is 1.94. The number of anilines is 1. The number of carbonyl (C=O) groups is 1. The molecule has 0 aromatic heterocycles. The van der Waals surface area contributed by atoms with Gasteiger partial charge in [0.2, 0.25) is 0 Å². The van der Waals surface area contributed by atoms with Gasteiger partial charge in [-0.2, -0.15) is 0 Å². The van der Waals surface area contributed by atoms with Crippen molar-refractivity contribution in [3.8, 4) is 0 Å². The minimum atomic E-state index is 0.282. The van der Waals surface area contributed by atoms with Crippen LogP contribution in [-0.2, 0) is 4.74 Å². The lowest BCUT2D eigenvalue weighted by atomic mass is 10.0. The molecule has 3 rings (SSSR count). The fourth-order valence-corrected chi connectivity index (χ4v) is 2.97. The third-order valence-electron chi connectivity index (χ3n) is 3.89. The predicted molar refractivity (Wildman–Crippen MR) is 71.2 cm³/mol. The first-order chi connectivity index (χ1) is 8.86. The Morgan fingerprint density at radius 3 is 2.94 bits per heavy atom. The summed E-state index contributed by atoms with van der Waals surface area (Å²) in [4.78, 5) is 14.5. The first-order valence-electron chi connectivity index (χ1n) is 6.83. The molecule has 1 aromatic carbocycles. The van der Waals surface area contributed by atoms with Crippen molar-refractivity contribution in [3.05, 3.63) is 29.8 Å². The molecule has 1 aromatic rings. The number of ketones is 1. The average molecular weight is 245 g/mol. The number of rotatable bonds is 1. The largest absolute Gasteiger partial charge is 0.379 e. The second kappa shape index (κ2) is 5.11. The molecule has 0 saturated carbocycles. The van der Waals surface area contributed by atoms with Gasteiger partial charge < -0.3 is 9.64 Å². The summed E-state index contributed by atoms with van der Waals surface area (Å²) in [5.74, 6) is 0.282. The first kappa shape index (κ1) is 11.7. The molecule has 0 N–H and O–H groups in total. The highest BCUT2D eigenvalue weighted by atomic mass is 16.5. The van der Waals surface area contributed by atoms with Crippen molar-refractivity contribution in [2.24, 2.45) is 0 Å². The van der Waals surface area contributed by atoms with E-state index < -0.39 is 0 Å². The van der Waals surface area contributed by atoms with Gasteiger partial charge in [0.05, 0.1) is 12.6 Å². The van der Waals surface area contributed by atoms with Crippen LogP contribution in [0.3, 0.4) is 0 Å². The zero-order valence-corrected chi connectivity index (χ0v) is 10.6. The van der Waals surface area contributed by atoms with Gasteiger partial charge in [-0.25, -0.2) is 0 Å². The van der Waals surface area contributed by atoms with Crippen LogP contribution in [0.5, 0.6) is 0 Å². The van der Waals surface area contributed by atoms with Crippen molar-refractivity contribution in [2.45, 2.75) is 31.7 Å². The molecule has 18 heavy (non-hydrogen) atoms. The minimum absolute atomic E-state index is 0.282. The van der Waals surface area contributed by atoms with Crippen LogP contribution in [0.15, 0.2) is 24.3 Å². The summed E-state index contributed by atoms with van der Waals surface area (Å²) < 4.78 is 5.59. The third-order valence-corrected chi connectivity index (χ3v) is 3.89. The van der Waals surface area contributed by atoms with E-state index in [2.05, 4.69) is 11.0 Å². The van der Waals surface area contributed by atoms with Gasteiger partial charge in [-0.1, -0.05) is 12.1 Å². The van der Waals surface area contributed by atoms with Gasteiger partial charge in [0.15, 0.2) is 5.78 Å². The van der Waals surface area contributed by atoms with Crippen LogP contribution >= 0.6 is 0 Å². The Morgan fingerprint density at radius 2 is 2.11 bits per heavy atom. The molecule has 0 bridgehead atoms. The molecule has 0 spiro atoms. The van der Waals surface area contributed by atoms with E-state index >= 15 is 0 Å². The molecule has 3 heteroatoms. The normalized spacial score (nSPS) is 24.6. The van der Waals surface area contributed by atoms with Crippen LogP contribution in [-0.4, -0.2) is 31.6 Å². The van der Waals surface area contributed by atoms with Crippen molar-refractivity contribution in [1.82, 2.24) is 0 Å². The number of nitrogens with zero attached hydrogens (tertiary/aromatic N) is 1. The van der Waals surface area contributed by atoms with Crippen molar-refractivity contribution in [2.75, 3.05) is 24.7 Å². The number of benzene rings is 1. The minimum Gasteiger partial charge on any atom is -0.379 e. The van der Waals surface area contributed by atoms with E-state index in [0.717, 1.165) is 43.9 Å². The van der Waals surface area contributed by atoms with Crippen LogP contribution < -0.4 is 4.90 Å². The second-order valence-corrected chi connectivity index (χ2v) is 5.11. The molecule has 2 heterocycles. The summed E-state index contributed by atoms with van der Waals surface area (Å²) in [6, 6.07) is 8.45. The first-order valence-corrected chi connectivity index (χ1v) is 6.83. The highest BCUT2D eigenvalue weighted by molar-refractivity contribution is 6.02. The molecule has 1 atom stereocenters. The highest BCUT2D eigenvalue weighted by Crippen LogP contribution is 2.29. The molecule has 0 amide bonds. The highest BCUT2D eigenvalue weighted by Gasteiger charge is 2.27. The van der Waals surface area contributed by atoms with Crippen molar-refractivity contribution >= 4 is 11.5 Å². The predicted octanol–water partition coefficient (Wildman–Crippen LogP) is 2.65. The topological polar surface area (TPSA) is 29.5 Å². The summed E-state index contributed by atoms with van der Waals surface area (Å²) in [6.45, 7) is 2.64. The van der Waals surface area contributed by atoms with E-state index in [0.29, 0.717) is 12.5 Å². The Morgan fingerprint density at radius 1 is 1.22 bits per heavy atom. The number of para-hydroxylation sites is 1. The number of hydrogen-bond acceptors (Lipinski definition) is 3. The van der Waals surface area contributed by atoms with E-state index in [1.807, 2.05) is 18.2 Å². The summed E-state index contributed by atoms with van der Waals surface area (Å²) in [5, 5.41) is 0. The van der Waals surface area contributed by atoms with Gasteiger partial charge in [-0.15, -0.1) is 0 Å². The molecule has 2 aliphatic rings. The Hall–Kier alpha value is -1.35. The summed E-state index contributed by atoms with van der Waals surface area (Å²) in [5.41, 5.74) is 2.00. The lowest BCUT2D eigenvalue weighted by Gasteiger charge is -2.35. The van der Waals surface area contributed by atoms with Crippen LogP contribution in [0.25, 0.3) is 0 Å². The summed E-state index contributed by atoms with van der Waals surface area (Å²) >= 11 is 0. The number of ether oxygens (including phenoxy) is 1. The van der Waals surface area contributed by atoms with Crippen LogP contribution in [0.4, 0.5) is 5.69 Å². The van der Waals surface area contributed by atoms with Crippen LogP contribution in [0.2, 0.25) is 0 Å². The second-order valence-electron chi connectivity index (χ2n) is 5.11. The number of hydrogen-bond donors (Lipinski definition) is 0. The fourth-order valence-electron chi connectivity index (χ4n) is 2.97. The lowest BCUT2D eigenvalue weighted by molar-refractivity contribution is 0.0792. The average Bonchev–Trinajstić information content (AvgIpc) is 2.60. The zero-order chi connectivity index (χ0) is 12.4. The summed E-state index contributed by atoms with van der Waals surface area (Å²) in [7, 11) is 0. The van der Waals surface area contributed by atoms with E-state index in [4.69, 9.17) is 4.74 Å². The molecule has 2 aliphatic heterocycles. The molecule has 96 valence electrons. The monoisotopic (exact) mass is 245 g/mol. The van der Waals surface area contributed by atoms with E-state index in [1.54, 1.807) is 0 Å². The van der Waals surface area contributed by atoms with E-state index in [1.165, 1.54) is 6.42 Å². The van der Waals surface area contributed by atoms with Crippen LogP contribution in [0, 0.1) is 0 Å². The molecular weight excluding hydrogens is 226 g/mol. The lowest BCUT2D eigenvalue weighted by Crippen LogP contribution is -2.41. The molecular formula is C15H19NO2. The van der Waals surface area contributed by atoms with Gasteiger partial charge in [-0.05, 0) is 31.4 Å².